The molecule has 2 unspecified atom stereocenters. The standard InChI is InChI=1S/C13H19NO3/c1-9(14-10(2)13(15)16)8-11-4-6-12(17-3)7-5-11/h4-7,9-10,14H,8H2,1-3H3,(H,15,16). The van der Waals surface area contributed by atoms with Crippen LogP contribution >= 0.6 is 0 Å². The van der Waals surface area contributed by atoms with Gasteiger partial charge in [-0.25, -0.2) is 0 Å². The average Bonchev–Trinajstić information content (AvgIpc) is 2.29. The number of aliphatic carboxylic acids is 1. The fourth-order valence-electron chi connectivity index (χ4n) is 1.67. The van der Waals surface area contributed by atoms with E-state index in [4.69, 9.17) is 9.84 Å². The number of carbonyl (C=O) groups is 1. The van der Waals surface area contributed by atoms with E-state index in [9.17, 15) is 4.79 Å². The molecule has 2 atom stereocenters. The number of rotatable bonds is 6. The minimum atomic E-state index is -0.827. The molecule has 0 aliphatic rings. The van der Waals surface area contributed by atoms with Gasteiger partial charge in [0.25, 0.3) is 0 Å². The van der Waals surface area contributed by atoms with Gasteiger partial charge in [-0.1, -0.05) is 12.1 Å². The Labute approximate surface area is 102 Å². The van der Waals surface area contributed by atoms with Gasteiger partial charge in [-0.05, 0) is 38.0 Å². The average molecular weight is 237 g/mol. The van der Waals surface area contributed by atoms with Crippen molar-refractivity contribution >= 4 is 5.97 Å². The molecule has 0 saturated heterocycles. The highest BCUT2D eigenvalue weighted by atomic mass is 16.5. The Kier molecular flexibility index (Phi) is 4.97. The summed E-state index contributed by atoms with van der Waals surface area (Å²) in [6.07, 6.45) is 0.793. The number of methoxy groups -OCH3 is 1. The normalized spacial score (nSPS) is 14.1. The topological polar surface area (TPSA) is 58.6 Å². The van der Waals surface area contributed by atoms with Gasteiger partial charge in [-0.2, -0.15) is 0 Å². The van der Waals surface area contributed by atoms with E-state index < -0.39 is 12.0 Å². The molecule has 0 bridgehead atoms. The lowest BCUT2D eigenvalue weighted by Gasteiger charge is -2.17. The Hall–Kier alpha value is -1.55. The maximum Gasteiger partial charge on any atom is 0.320 e. The molecular formula is C13H19NO3. The first-order valence-corrected chi connectivity index (χ1v) is 5.64. The maximum absolute atomic E-state index is 10.7. The van der Waals surface area contributed by atoms with Crippen molar-refractivity contribution in [3.05, 3.63) is 29.8 Å². The lowest BCUT2D eigenvalue weighted by atomic mass is 10.1. The van der Waals surface area contributed by atoms with Crippen molar-refractivity contribution in [1.29, 1.82) is 0 Å². The second kappa shape index (κ2) is 6.25. The number of nitrogens with one attached hydrogen (secondary N) is 1. The molecule has 0 radical (unpaired) electrons. The van der Waals surface area contributed by atoms with Crippen molar-refractivity contribution in [2.24, 2.45) is 0 Å². The Balaban J connectivity index is 2.49. The van der Waals surface area contributed by atoms with Crippen molar-refractivity contribution < 1.29 is 14.6 Å². The Morgan fingerprint density at radius 1 is 1.35 bits per heavy atom. The van der Waals surface area contributed by atoms with Crippen LogP contribution in [0.3, 0.4) is 0 Å². The molecule has 0 fully saturated rings. The third kappa shape index (κ3) is 4.44. The molecule has 0 heterocycles. The molecular weight excluding hydrogens is 218 g/mol. The van der Waals surface area contributed by atoms with Crippen LogP contribution in [0.1, 0.15) is 19.4 Å². The van der Waals surface area contributed by atoms with Gasteiger partial charge in [0.1, 0.15) is 11.8 Å². The van der Waals surface area contributed by atoms with Crippen molar-refractivity contribution in [2.45, 2.75) is 32.4 Å². The molecule has 0 saturated carbocycles. The minimum Gasteiger partial charge on any atom is -0.497 e. The lowest BCUT2D eigenvalue weighted by molar-refractivity contribution is -0.139. The van der Waals surface area contributed by atoms with E-state index >= 15 is 0 Å². The summed E-state index contributed by atoms with van der Waals surface area (Å²) in [4.78, 5) is 10.7. The highest BCUT2D eigenvalue weighted by molar-refractivity contribution is 5.72. The van der Waals surface area contributed by atoms with Crippen LogP contribution in [0, 0.1) is 0 Å². The van der Waals surface area contributed by atoms with Gasteiger partial charge in [0.15, 0.2) is 0 Å². The molecule has 0 amide bonds. The van der Waals surface area contributed by atoms with Crippen LogP contribution < -0.4 is 10.1 Å². The summed E-state index contributed by atoms with van der Waals surface area (Å²) in [5.41, 5.74) is 1.16. The van der Waals surface area contributed by atoms with Crippen molar-refractivity contribution in [3.8, 4) is 5.75 Å². The molecule has 0 aromatic heterocycles. The minimum absolute atomic E-state index is 0.120. The van der Waals surface area contributed by atoms with Crippen molar-refractivity contribution in [2.75, 3.05) is 7.11 Å². The summed E-state index contributed by atoms with van der Waals surface area (Å²) in [6.45, 7) is 3.62. The molecule has 17 heavy (non-hydrogen) atoms. The van der Waals surface area contributed by atoms with Gasteiger partial charge in [-0.15, -0.1) is 0 Å². The van der Waals surface area contributed by atoms with E-state index in [1.807, 2.05) is 31.2 Å². The van der Waals surface area contributed by atoms with Crippen LogP contribution in [0.25, 0.3) is 0 Å². The van der Waals surface area contributed by atoms with Crippen LogP contribution in [-0.4, -0.2) is 30.3 Å². The van der Waals surface area contributed by atoms with Gasteiger partial charge < -0.3 is 15.2 Å². The second-order valence-electron chi connectivity index (χ2n) is 4.18. The lowest BCUT2D eigenvalue weighted by Crippen LogP contribution is -2.40. The summed E-state index contributed by atoms with van der Waals surface area (Å²) >= 11 is 0. The quantitative estimate of drug-likeness (QED) is 0.790. The maximum atomic E-state index is 10.7. The van der Waals surface area contributed by atoms with Gasteiger partial charge in [0.05, 0.1) is 7.11 Å². The van der Waals surface area contributed by atoms with Gasteiger partial charge in [0.2, 0.25) is 0 Å². The molecule has 0 aliphatic carbocycles. The number of benzene rings is 1. The number of carboxylic acids is 1. The third-order valence-corrected chi connectivity index (χ3v) is 2.61. The van der Waals surface area contributed by atoms with Crippen LogP contribution in [0.4, 0.5) is 0 Å². The van der Waals surface area contributed by atoms with Crippen LogP contribution in [-0.2, 0) is 11.2 Å². The van der Waals surface area contributed by atoms with Gasteiger partial charge >= 0.3 is 5.97 Å². The predicted molar refractivity (Wildman–Crippen MR) is 66.4 cm³/mol. The fraction of sp³-hybridized carbons (Fsp3) is 0.462. The van der Waals surface area contributed by atoms with Gasteiger partial charge in [-0.3, -0.25) is 4.79 Å². The van der Waals surface area contributed by atoms with E-state index in [-0.39, 0.29) is 6.04 Å². The molecule has 94 valence electrons. The Morgan fingerprint density at radius 3 is 2.41 bits per heavy atom. The molecule has 0 aliphatic heterocycles. The zero-order valence-electron chi connectivity index (χ0n) is 10.4. The number of carboxylic acid groups (broad SMARTS) is 1. The van der Waals surface area contributed by atoms with Crippen molar-refractivity contribution in [3.63, 3.8) is 0 Å². The molecule has 1 rings (SSSR count). The fourth-order valence-corrected chi connectivity index (χ4v) is 1.67. The summed E-state index contributed by atoms with van der Waals surface area (Å²) in [7, 11) is 1.63. The number of hydrogen-bond acceptors (Lipinski definition) is 3. The molecule has 1 aromatic carbocycles. The smallest absolute Gasteiger partial charge is 0.320 e. The SMILES string of the molecule is COc1ccc(CC(C)NC(C)C(=O)O)cc1. The zero-order chi connectivity index (χ0) is 12.8. The van der Waals surface area contributed by atoms with E-state index in [1.54, 1.807) is 14.0 Å². The molecule has 2 N–H and O–H groups in total. The molecule has 4 heteroatoms. The first-order valence-electron chi connectivity index (χ1n) is 5.64. The summed E-state index contributed by atoms with van der Waals surface area (Å²) < 4.78 is 5.08. The van der Waals surface area contributed by atoms with Crippen molar-refractivity contribution in [1.82, 2.24) is 5.32 Å². The monoisotopic (exact) mass is 237 g/mol. The molecule has 0 spiro atoms. The Morgan fingerprint density at radius 2 is 1.94 bits per heavy atom. The van der Waals surface area contributed by atoms with Crippen LogP contribution in [0.2, 0.25) is 0 Å². The largest absolute Gasteiger partial charge is 0.497 e. The van der Waals surface area contributed by atoms with E-state index in [0.717, 1.165) is 17.7 Å². The van der Waals surface area contributed by atoms with E-state index in [2.05, 4.69) is 5.32 Å². The zero-order valence-corrected chi connectivity index (χ0v) is 10.4. The predicted octanol–water partition coefficient (Wildman–Crippen LogP) is 1.69. The first-order chi connectivity index (χ1) is 8.02. The van der Waals surface area contributed by atoms with Crippen LogP contribution in [0.15, 0.2) is 24.3 Å². The van der Waals surface area contributed by atoms with E-state index in [1.165, 1.54) is 0 Å². The summed E-state index contributed by atoms with van der Waals surface area (Å²) in [5.74, 6) is -0.000141. The van der Waals surface area contributed by atoms with E-state index in [0.29, 0.717) is 0 Å². The Bertz CT molecular complexity index is 361. The highest BCUT2D eigenvalue weighted by Gasteiger charge is 2.13. The molecule has 1 aromatic rings. The second-order valence-corrected chi connectivity index (χ2v) is 4.18. The first kappa shape index (κ1) is 13.5. The van der Waals surface area contributed by atoms with Gasteiger partial charge in [0, 0.05) is 6.04 Å². The highest BCUT2D eigenvalue weighted by Crippen LogP contribution is 2.12. The van der Waals surface area contributed by atoms with Crippen LogP contribution in [0.5, 0.6) is 5.75 Å². The number of ether oxygens (including phenoxy) is 1. The molecule has 4 nitrogen and oxygen atoms in total. The number of hydrogen-bond donors (Lipinski definition) is 2. The summed E-state index contributed by atoms with van der Waals surface area (Å²) in [5, 5.41) is 11.8. The summed E-state index contributed by atoms with van der Waals surface area (Å²) in [6, 6.07) is 7.38. The third-order valence-electron chi connectivity index (χ3n) is 2.61.